The van der Waals surface area contributed by atoms with Crippen LogP contribution in [-0.2, 0) is 10.1 Å². The van der Waals surface area contributed by atoms with Crippen molar-refractivity contribution in [3.8, 4) is 5.75 Å². The largest absolute Gasteiger partial charge is 0.378 e. The standard InChI is InChI=1S/C18H14N2O3S/c1-12-5-8-14(9-6-12)24(21,22)23-17-10-7-13-11-19-20-16-4-2-3-15(17)18(13)16/h2-11,20H,1H3. The number of benzene rings is 3. The van der Waals surface area contributed by atoms with Gasteiger partial charge in [0.1, 0.15) is 4.90 Å². The van der Waals surface area contributed by atoms with E-state index in [1.54, 1.807) is 42.6 Å². The van der Waals surface area contributed by atoms with Crippen molar-refractivity contribution >= 4 is 32.8 Å². The molecule has 120 valence electrons. The molecule has 6 heteroatoms. The molecule has 0 aromatic heterocycles. The molecular formula is C18H14N2O3S. The van der Waals surface area contributed by atoms with Crippen molar-refractivity contribution in [2.45, 2.75) is 11.8 Å². The Morgan fingerprint density at radius 1 is 1.00 bits per heavy atom. The van der Waals surface area contributed by atoms with E-state index in [1.807, 2.05) is 25.1 Å². The van der Waals surface area contributed by atoms with E-state index in [1.165, 1.54) is 0 Å². The second-order valence-electron chi connectivity index (χ2n) is 5.60. The average molecular weight is 338 g/mol. The van der Waals surface area contributed by atoms with Crippen molar-refractivity contribution in [1.29, 1.82) is 0 Å². The first-order chi connectivity index (χ1) is 11.5. The van der Waals surface area contributed by atoms with E-state index in [4.69, 9.17) is 4.18 Å². The van der Waals surface area contributed by atoms with Crippen molar-refractivity contribution in [1.82, 2.24) is 0 Å². The summed E-state index contributed by atoms with van der Waals surface area (Å²) in [5.41, 5.74) is 5.64. The third-order valence-corrected chi connectivity index (χ3v) is 5.18. The molecule has 0 saturated heterocycles. The maximum Gasteiger partial charge on any atom is 0.339 e. The van der Waals surface area contributed by atoms with Crippen LogP contribution in [0.3, 0.4) is 0 Å². The molecule has 0 amide bonds. The fourth-order valence-corrected chi connectivity index (χ4v) is 3.67. The van der Waals surface area contributed by atoms with Crippen molar-refractivity contribution in [3.63, 3.8) is 0 Å². The quantitative estimate of drug-likeness (QED) is 0.740. The van der Waals surface area contributed by atoms with Gasteiger partial charge < -0.3 is 4.18 Å². The van der Waals surface area contributed by atoms with Crippen LogP contribution in [0.25, 0.3) is 10.8 Å². The van der Waals surface area contributed by atoms with Crippen LogP contribution in [0.4, 0.5) is 5.69 Å². The van der Waals surface area contributed by atoms with Gasteiger partial charge in [-0.3, -0.25) is 5.43 Å². The summed E-state index contributed by atoms with van der Waals surface area (Å²) in [4.78, 5) is 0.133. The number of rotatable bonds is 3. The molecule has 0 aliphatic carbocycles. The zero-order valence-electron chi connectivity index (χ0n) is 12.9. The summed E-state index contributed by atoms with van der Waals surface area (Å²) in [6, 6.07) is 15.6. The Labute approximate surface area is 139 Å². The topological polar surface area (TPSA) is 67.8 Å². The first-order valence-electron chi connectivity index (χ1n) is 7.40. The predicted molar refractivity (Wildman–Crippen MR) is 94.2 cm³/mol. The van der Waals surface area contributed by atoms with Gasteiger partial charge in [-0.15, -0.1) is 0 Å². The van der Waals surface area contributed by atoms with Crippen LogP contribution in [0.2, 0.25) is 0 Å². The van der Waals surface area contributed by atoms with E-state index in [2.05, 4.69) is 10.5 Å². The van der Waals surface area contributed by atoms with Gasteiger partial charge in [0.25, 0.3) is 0 Å². The molecule has 0 atom stereocenters. The van der Waals surface area contributed by atoms with Crippen molar-refractivity contribution in [3.05, 3.63) is 65.7 Å². The molecule has 0 saturated carbocycles. The highest BCUT2D eigenvalue weighted by Gasteiger charge is 2.20. The summed E-state index contributed by atoms with van der Waals surface area (Å²) in [7, 11) is -3.89. The molecule has 1 aliphatic rings. The van der Waals surface area contributed by atoms with E-state index in [0.29, 0.717) is 5.75 Å². The summed E-state index contributed by atoms with van der Waals surface area (Å²) in [6.45, 7) is 1.90. The maximum atomic E-state index is 12.5. The van der Waals surface area contributed by atoms with E-state index < -0.39 is 10.1 Å². The number of hydrazone groups is 1. The molecule has 0 fully saturated rings. The Balaban J connectivity index is 1.82. The maximum absolute atomic E-state index is 12.5. The number of nitrogens with zero attached hydrogens (tertiary/aromatic N) is 1. The molecular weight excluding hydrogens is 324 g/mol. The van der Waals surface area contributed by atoms with Crippen LogP contribution in [0.1, 0.15) is 11.1 Å². The average Bonchev–Trinajstić information content (AvgIpc) is 2.58. The van der Waals surface area contributed by atoms with Gasteiger partial charge in [0, 0.05) is 16.3 Å². The van der Waals surface area contributed by atoms with Crippen LogP contribution in [0.15, 0.2) is 64.6 Å². The zero-order valence-corrected chi connectivity index (χ0v) is 13.7. The highest BCUT2D eigenvalue weighted by atomic mass is 32.2. The molecule has 3 aromatic rings. The van der Waals surface area contributed by atoms with Gasteiger partial charge in [-0.2, -0.15) is 13.5 Å². The minimum absolute atomic E-state index is 0.133. The summed E-state index contributed by atoms with van der Waals surface area (Å²) in [5, 5.41) is 5.68. The summed E-state index contributed by atoms with van der Waals surface area (Å²) in [5.74, 6) is 0.299. The van der Waals surface area contributed by atoms with Gasteiger partial charge in [0.2, 0.25) is 0 Å². The lowest BCUT2D eigenvalue weighted by Gasteiger charge is -2.16. The van der Waals surface area contributed by atoms with Crippen molar-refractivity contribution < 1.29 is 12.6 Å². The predicted octanol–water partition coefficient (Wildman–Crippen LogP) is 3.68. The third kappa shape index (κ3) is 2.41. The van der Waals surface area contributed by atoms with Crippen LogP contribution >= 0.6 is 0 Å². The van der Waals surface area contributed by atoms with E-state index in [9.17, 15) is 8.42 Å². The first-order valence-corrected chi connectivity index (χ1v) is 8.81. The van der Waals surface area contributed by atoms with E-state index >= 15 is 0 Å². The molecule has 24 heavy (non-hydrogen) atoms. The Morgan fingerprint density at radius 2 is 1.79 bits per heavy atom. The highest BCUT2D eigenvalue weighted by molar-refractivity contribution is 7.87. The smallest absolute Gasteiger partial charge is 0.339 e. The number of anilines is 1. The zero-order chi connectivity index (χ0) is 16.7. The molecule has 1 N–H and O–H groups in total. The van der Waals surface area contributed by atoms with Gasteiger partial charge >= 0.3 is 10.1 Å². The second-order valence-corrected chi connectivity index (χ2v) is 7.15. The lowest BCUT2D eigenvalue weighted by molar-refractivity contribution is 0.488. The Bertz CT molecular complexity index is 1070. The van der Waals surface area contributed by atoms with Crippen LogP contribution in [-0.4, -0.2) is 14.6 Å². The van der Waals surface area contributed by atoms with Gasteiger partial charge in [-0.05, 0) is 37.3 Å². The van der Waals surface area contributed by atoms with E-state index in [0.717, 1.165) is 27.6 Å². The monoisotopic (exact) mass is 338 g/mol. The van der Waals surface area contributed by atoms with Gasteiger partial charge in [-0.25, -0.2) is 0 Å². The minimum atomic E-state index is -3.89. The molecule has 5 nitrogen and oxygen atoms in total. The van der Waals surface area contributed by atoms with Crippen molar-refractivity contribution in [2.75, 3.05) is 5.43 Å². The summed E-state index contributed by atoms with van der Waals surface area (Å²) < 4.78 is 30.5. The molecule has 4 rings (SSSR count). The number of aryl methyl sites for hydroxylation is 1. The number of nitrogens with one attached hydrogen (secondary N) is 1. The number of hydrogen-bond acceptors (Lipinski definition) is 5. The summed E-state index contributed by atoms with van der Waals surface area (Å²) in [6.07, 6.45) is 1.70. The van der Waals surface area contributed by atoms with Crippen LogP contribution < -0.4 is 9.61 Å². The molecule has 0 spiro atoms. The summed E-state index contributed by atoms with van der Waals surface area (Å²) >= 11 is 0. The minimum Gasteiger partial charge on any atom is -0.378 e. The fraction of sp³-hybridized carbons (Fsp3) is 0.0556. The molecule has 1 aliphatic heterocycles. The van der Waals surface area contributed by atoms with Crippen LogP contribution in [0.5, 0.6) is 5.75 Å². The lowest BCUT2D eigenvalue weighted by Crippen LogP contribution is -2.10. The van der Waals surface area contributed by atoms with Gasteiger partial charge in [0.15, 0.2) is 5.75 Å². The van der Waals surface area contributed by atoms with Gasteiger partial charge in [0.05, 0.1) is 11.9 Å². The van der Waals surface area contributed by atoms with Gasteiger partial charge in [-0.1, -0.05) is 29.8 Å². The Morgan fingerprint density at radius 3 is 2.58 bits per heavy atom. The van der Waals surface area contributed by atoms with E-state index in [-0.39, 0.29) is 4.90 Å². The molecule has 1 heterocycles. The molecule has 0 radical (unpaired) electrons. The van der Waals surface area contributed by atoms with Crippen molar-refractivity contribution in [2.24, 2.45) is 5.10 Å². The lowest BCUT2D eigenvalue weighted by atomic mass is 10.0. The normalized spacial score (nSPS) is 12.9. The highest BCUT2D eigenvalue weighted by Crippen LogP contribution is 2.36. The Hall–Kier alpha value is -2.86. The first kappa shape index (κ1) is 14.7. The third-order valence-electron chi connectivity index (χ3n) is 3.93. The van der Waals surface area contributed by atoms with Crippen LogP contribution in [0, 0.1) is 6.92 Å². The number of hydrogen-bond donors (Lipinski definition) is 1. The Kier molecular flexibility index (Phi) is 3.28. The second kappa shape index (κ2) is 5.35. The molecule has 0 unspecified atom stereocenters. The SMILES string of the molecule is Cc1ccc(S(=O)(=O)Oc2ccc3c4c(cccc24)NN=C3)cc1. The fourth-order valence-electron chi connectivity index (χ4n) is 2.72. The molecule has 0 bridgehead atoms. The molecule has 3 aromatic carbocycles.